The molecule has 0 radical (unpaired) electrons. The molecule has 2 heteroatoms. The molecular weight excluding hydrogens is 196 g/mol. The lowest BCUT2D eigenvalue weighted by atomic mass is 9.99. The SMILES string of the molecule is NC1(c2ncccc2-c2ccccc2)CC1. The Kier molecular flexibility index (Phi) is 2.04. The van der Waals surface area contributed by atoms with Gasteiger partial charge in [-0.2, -0.15) is 0 Å². The Bertz CT molecular complexity index is 501. The van der Waals surface area contributed by atoms with Gasteiger partial charge in [-0.05, 0) is 24.5 Å². The second-order valence-corrected chi connectivity index (χ2v) is 4.42. The molecule has 3 rings (SSSR count). The highest BCUT2D eigenvalue weighted by molar-refractivity contribution is 5.67. The molecule has 0 saturated heterocycles. The van der Waals surface area contributed by atoms with Gasteiger partial charge in [-0.15, -0.1) is 0 Å². The van der Waals surface area contributed by atoms with E-state index in [-0.39, 0.29) is 5.54 Å². The summed E-state index contributed by atoms with van der Waals surface area (Å²) < 4.78 is 0. The Balaban J connectivity index is 2.14. The zero-order valence-electron chi connectivity index (χ0n) is 9.06. The predicted octanol–water partition coefficient (Wildman–Crippen LogP) is 2.70. The molecule has 1 saturated carbocycles. The van der Waals surface area contributed by atoms with Crippen molar-refractivity contribution in [2.75, 3.05) is 0 Å². The second kappa shape index (κ2) is 3.42. The molecule has 0 aliphatic heterocycles. The number of hydrogen-bond donors (Lipinski definition) is 1. The van der Waals surface area contributed by atoms with Crippen molar-refractivity contribution >= 4 is 0 Å². The van der Waals surface area contributed by atoms with Crippen molar-refractivity contribution in [1.29, 1.82) is 0 Å². The lowest BCUT2D eigenvalue weighted by Crippen LogP contribution is -2.21. The number of rotatable bonds is 2. The van der Waals surface area contributed by atoms with Crippen LogP contribution >= 0.6 is 0 Å². The molecule has 16 heavy (non-hydrogen) atoms. The molecule has 1 heterocycles. The van der Waals surface area contributed by atoms with Gasteiger partial charge in [-0.1, -0.05) is 36.4 Å². The van der Waals surface area contributed by atoms with Crippen LogP contribution in [0.3, 0.4) is 0 Å². The summed E-state index contributed by atoms with van der Waals surface area (Å²) in [5.41, 5.74) is 9.48. The zero-order valence-corrected chi connectivity index (χ0v) is 9.06. The van der Waals surface area contributed by atoms with Crippen LogP contribution in [0.2, 0.25) is 0 Å². The average Bonchev–Trinajstić information content (AvgIpc) is 3.10. The molecule has 1 aromatic heterocycles. The quantitative estimate of drug-likeness (QED) is 0.827. The van der Waals surface area contributed by atoms with Gasteiger partial charge >= 0.3 is 0 Å². The monoisotopic (exact) mass is 210 g/mol. The summed E-state index contributed by atoms with van der Waals surface area (Å²) in [7, 11) is 0. The molecule has 2 nitrogen and oxygen atoms in total. The van der Waals surface area contributed by atoms with E-state index in [1.807, 2.05) is 30.5 Å². The van der Waals surface area contributed by atoms with Crippen LogP contribution in [-0.2, 0) is 5.54 Å². The van der Waals surface area contributed by atoms with Crippen LogP contribution in [0.4, 0.5) is 0 Å². The Labute approximate surface area is 95.1 Å². The Hall–Kier alpha value is -1.67. The van der Waals surface area contributed by atoms with Crippen LogP contribution in [0.1, 0.15) is 18.5 Å². The second-order valence-electron chi connectivity index (χ2n) is 4.42. The van der Waals surface area contributed by atoms with Gasteiger partial charge in [0.2, 0.25) is 0 Å². The number of nitrogens with two attached hydrogens (primary N) is 1. The minimum absolute atomic E-state index is 0.174. The number of hydrogen-bond acceptors (Lipinski definition) is 2. The average molecular weight is 210 g/mol. The lowest BCUT2D eigenvalue weighted by molar-refractivity contribution is 0.710. The predicted molar refractivity (Wildman–Crippen MR) is 64.8 cm³/mol. The first-order valence-corrected chi connectivity index (χ1v) is 5.59. The first-order chi connectivity index (χ1) is 7.80. The zero-order chi connectivity index (χ0) is 11.0. The van der Waals surface area contributed by atoms with Gasteiger partial charge in [0, 0.05) is 11.8 Å². The molecule has 0 amide bonds. The highest BCUT2D eigenvalue weighted by Crippen LogP contribution is 2.45. The van der Waals surface area contributed by atoms with Crippen LogP contribution in [0.15, 0.2) is 48.7 Å². The van der Waals surface area contributed by atoms with Crippen molar-refractivity contribution in [2.45, 2.75) is 18.4 Å². The largest absolute Gasteiger partial charge is 0.320 e. The third kappa shape index (κ3) is 1.51. The minimum atomic E-state index is -0.174. The highest BCUT2D eigenvalue weighted by Gasteiger charge is 2.42. The first kappa shape index (κ1) is 9.55. The standard InChI is InChI=1S/C14H14N2/c15-14(8-9-14)13-12(7-4-10-16-13)11-5-2-1-3-6-11/h1-7,10H,8-9,15H2. The van der Waals surface area contributed by atoms with Gasteiger partial charge in [0.15, 0.2) is 0 Å². The van der Waals surface area contributed by atoms with E-state index in [9.17, 15) is 0 Å². The van der Waals surface area contributed by atoms with Gasteiger partial charge < -0.3 is 5.73 Å². The highest BCUT2D eigenvalue weighted by atomic mass is 14.9. The molecule has 2 N–H and O–H groups in total. The van der Waals surface area contributed by atoms with Gasteiger partial charge in [0.05, 0.1) is 11.2 Å². The third-order valence-electron chi connectivity index (χ3n) is 3.15. The van der Waals surface area contributed by atoms with Gasteiger partial charge in [-0.3, -0.25) is 4.98 Å². The van der Waals surface area contributed by atoms with E-state index in [0.29, 0.717) is 0 Å². The van der Waals surface area contributed by atoms with Crippen LogP contribution in [0, 0.1) is 0 Å². The summed E-state index contributed by atoms with van der Waals surface area (Å²) in [5.74, 6) is 0. The molecular formula is C14H14N2. The normalized spacial score (nSPS) is 17.1. The third-order valence-corrected chi connectivity index (χ3v) is 3.15. The minimum Gasteiger partial charge on any atom is -0.320 e. The van der Waals surface area contributed by atoms with E-state index in [4.69, 9.17) is 5.73 Å². The summed E-state index contributed by atoms with van der Waals surface area (Å²) in [4.78, 5) is 4.46. The molecule has 80 valence electrons. The van der Waals surface area contributed by atoms with Crippen molar-refractivity contribution in [3.63, 3.8) is 0 Å². The molecule has 0 spiro atoms. The van der Waals surface area contributed by atoms with Crippen LogP contribution in [0.5, 0.6) is 0 Å². The number of benzene rings is 1. The summed E-state index contributed by atoms with van der Waals surface area (Å²) in [6, 6.07) is 14.4. The summed E-state index contributed by atoms with van der Waals surface area (Å²) in [5, 5.41) is 0. The molecule has 1 fully saturated rings. The molecule has 0 unspecified atom stereocenters. The maximum Gasteiger partial charge on any atom is 0.0680 e. The van der Waals surface area contributed by atoms with E-state index >= 15 is 0 Å². The fourth-order valence-corrected chi connectivity index (χ4v) is 2.02. The molecule has 0 atom stereocenters. The number of nitrogens with zero attached hydrogens (tertiary/aromatic N) is 1. The van der Waals surface area contributed by atoms with Gasteiger partial charge in [-0.25, -0.2) is 0 Å². The van der Waals surface area contributed by atoms with Crippen LogP contribution in [0.25, 0.3) is 11.1 Å². The fourth-order valence-electron chi connectivity index (χ4n) is 2.02. The van der Waals surface area contributed by atoms with Crippen molar-refractivity contribution in [3.05, 3.63) is 54.4 Å². The van der Waals surface area contributed by atoms with Gasteiger partial charge in [0.25, 0.3) is 0 Å². The Morgan fingerprint density at radius 1 is 1.00 bits per heavy atom. The van der Waals surface area contributed by atoms with Crippen molar-refractivity contribution in [3.8, 4) is 11.1 Å². The molecule has 2 aromatic rings. The molecule has 1 aliphatic rings. The van der Waals surface area contributed by atoms with E-state index < -0.39 is 0 Å². The van der Waals surface area contributed by atoms with E-state index in [0.717, 1.165) is 18.5 Å². The number of aromatic nitrogens is 1. The topological polar surface area (TPSA) is 38.9 Å². The fraction of sp³-hybridized carbons (Fsp3) is 0.214. The number of pyridine rings is 1. The van der Waals surface area contributed by atoms with E-state index in [2.05, 4.69) is 23.2 Å². The summed E-state index contributed by atoms with van der Waals surface area (Å²) in [6.07, 6.45) is 3.92. The maximum atomic E-state index is 6.24. The maximum absolute atomic E-state index is 6.24. The summed E-state index contributed by atoms with van der Waals surface area (Å²) in [6.45, 7) is 0. The van der Waals surface area contributed by atoms with Gasteiger partial charge in [0.1, 0.15) is 0 Å². The molecule has 0 bridgehead atoms. The summed E-state index contributed by atoms with van der Waals surface area (Å²) >= 11 is 0. The van der Waals surface area contributed by atoms with Crippen LogP contribution in [-0.4, -0.2) is 4.98 Å². The Morgan fingerprint density at radius 3 is 2.44 bits per heavy atom. The smallest absolute Gasteiger partial charge is 0.0680 e. The van der Waals surface area contributed by atoms with E-state index in [1.165, 1.54) is 11.1 Å². The van der Waals surface area contributed by atoms with Crippen molar-refractivity contribution in [1.82, 2.24) is 4.98 Å². The first-order valence-electron chi connectivity index (χ1n) is 5.59. The molecule has 1 aromatic carbocycles. The Morgan fingerprint density at radius 2 is 1.75 bits per heavy atom. The van der Waals surface area contributed by atoms with E-state index in [1.54, 1.807) is 0 Å². The lowest BCUT2D eigenvalue weighted by Gasteiger charge is -2.13. The van der Waals surface area contributed by atoms with Crippen LogP contribution < -0.4 is 5.73 Å². The van der Waals surface area contributed by atoms with Crippen molar-refractivity contribution in [2.24, 2.45) is 5.73 Å². The molecule has 1 aliphatic carbocycles. The van der Waals surface area contributed by atoms with Crippen molar-refractivity contribution < 1.29 is 0 Å².